The third-order valence-corrected chi connectivity index (χ3v) is 5.99. The minimum absolute atomic E-state index is 0.267. The van der Waals surface area contributed by atoms with Gasteiger partial charge in [0.1, 0.15) is 5.82 Å². The van der Waals surface area contributed by atoms with Gasteiger partial charge in [-0.05, 0) is 60.5 Å². The Morgan fingerprint density at radius 1 is 0.971 bits per heavy atom. The largest absolute Gasteiger partial charge is 0.364 e. The quantitative estimate of drug-likeness (QED) is 0.415. The van der Waals surface area contributed by atoms with E-state index in [9.17, 15) is 4.79 Å². The normalized spacial score (nSPS) is 11.1. The number of primary amides is 1. The molecule has 5 rings (SSSR count). The lowest BCUT2D eigenvalue weighted by Gasteiger charge is -2.12. The molecule has 2 N–H and O–H groups in total. The number of fused-ring (bicyclic) bond motifs is 1. The predicted octanol–water partition coefficient (Wildman–Crippen LogP) is 4.41. The molecule has 0 bridgehead atoms. The molecule has 2 aromatic carbocycles. The summed E-state index contributed by atoms with van der Waals surface area (Å²) in [6.07, 6.45) is 4.01. The fraction of sp³-hybridized carbons (Fsp3) is 0.148. The minimum Gasteiger partial charge on any atom is -0.364 e. The highest BCUT2D eigenvalue weighted by Gasteiger charge is 2.12. The number of nitrogens with two attached hydrogens (primary N) is 1. The molecule has 0 saturated carbocycles. The lowest BCUT2D eigenvalue weighted by molar-refractivity contribution is 0.0995. The zero-order valence-electron chi connectivity index (χ0n) is 19.4. The monoisotopic (exact) mass is 450 g/mol. The van der Waals surface area contributed by atoms with E-state index >= 15 is 0 Å². The highest BCUT2D eigenvalue weighted by atomic mass is 16.1. The number of carbonyl (C=O) groups excluding carboxylic acids is 1. The lowest BCUT2D eigenvalue weighted by atomic mass is 10.1. The average molecular weight is 451 g/mol. The number of anilines is 1. The molecule has 0 unspecified atom stereocenters. The number of amides is 1. The molecule has 0 aliphatic rings. The second-order valence-corrected chi connectivity index (χ2v) is 8.63. The predicted molar refractivity (Wildman–Crippen MR) is 135 cm³/mol. The van der Waals surface area contributed by atoms with Crippen LogP contribution in [0.2, 0.25) is 0 Å². The first-order chi connectivity index (χ1) is 16.4. The number of aryl methyl sites for hydroxylation is 1. The third-order valence-electron chi connectivity index (χ3n) is 5.99. The van der Waals surface area contributed by atoms with Gasteiger partial charge in [0, 0.05) is 55.2 Å². The maximum atomic E-state index is 11.5. The van der Waals surface area contributed by atoms with Gasteiger partial charge >= 0.3 is 0 Å². The van der Waals surface area contributed by atoms with Gasteiger partial charge in [0.2, 0.25) is 0 Å². The SMILES string of the molecule is Cc1cc(C(N)=O)nn1-c1ccc2c(ccn2Cc2ccc(-c3ccc(N(C)C)nc3)cc2)c1. The maximum Gasteiger partial charge on any atom is 0.269 e. The van der Waals surface area contributed by atoms with Crippen LogP contribution in [-0.4, -0.2) is 39.3 Å². The van der Waals surface area contributed by atoms with Crippen LogP contribution in [-0.2, 0) is 6.54 Å². The van der Waals surface area contributed by atoms with Crippen LogP contribution >= 0.6 is 0 Å². The van der Waals surface area contributed by atoms with E-state index in [2.05, 4.69) is 69.4 Å². The molecule has 5 aromatic rings. The summed E-state index contributed by atoms with van der Waals surface area (Å²) < 4.78 is 3.97. The Morgan fingerprint density at radius 3 is 2.38 bits per heavy atom. The van der Waals surface area contributed by atoms with Crippen molar-refractivity contribution in [1.29, 1.82) is 0 Å². The van der Waals surface area contributed by atoms with E-state index in [1.54, 1.807) is 10.7 Å². The summed E-state index contributed by atoms with van der Waals surface area (Å²) in [5, 5.41) is 5.44. The number of rotatable bonds is 6. The molecule has 7 nitrogen and oxygen atoms in total. The zero-order valence-corrected chi connectivity index (χ0v) is 19.4. The fourth-order valence-electron chi connectivity index (χ4n) is 4.13. The summed E-state index contributed by atoms with van der Waals surface area (Å²) in [4.78, 5) is 18.0. The Labute approximate surface area is 198 Å². The molecule has 0 atom stereocenters. The summed E-state index contributed by atoms with van der Waals surface area (Å²) in [5.74, 6) is 0.418. The molecule has 0 aliphatic carbocycles. The van der Waals surface area contributed by atoms with E-state index in [0.29, 0.717) is 0 Å². The zero-order chi connectivity index (χ0) is 23.8. The smallest absolute Gasteiger partial charge is 0.269 e. The number of benzene rings is 2. The highest BCUT2D eigenvalue weighted by molar-refractivity contribution is 5.91. The molecular formula is C27H26N6O. The van der Waals surface area contributed by atoms with Gasteiger partial charge in [0.25, 0.3) is 5.91 Å². The first-order valence-electron chi connectivity index (χ1n) is 11.1. The Kier molecular flexibility index (Phi) is 5.37. The van der Waals surface area contributed by atoms with Crippen molar-refractivity contribution in [3.8, 4) is 16.8 Å². The molecule has 7 heteroatoms. The topological polar surface area (TPSA) is 82.0 Å². The van der Waals surface area contributed by atoms with E-state index in [4.69, 9.17) is 5.73 Å². The fourth-order valence-corrected chi connectivity index (χ4v) is 4.13. The second kappa shape index (κ2) is 8.51. The lowest BCUT2D eigenvalue weighted by Crippen LogP contribution is -2.12. The van der Waals surface area contributed by atoms with Crippen LogP contribution in [0.1, 0.15) is 21.7 Å². The minimum atomic E-state index is -0.526. The van der Waals surface area contributed by atoms with E-state index in [1.165, 1.54) is 5.56 Å². The van der Waals surface area contributed by atoms with Gasteiger partial charge in [-0.3, -0.25) is 4.79 Å². The molecule has 3 heterocycles. The molecule has 0 fully saturated rings. The van der Waals surface area contributed by atoms with E-state index in [-0.39, 0.29) is 5.69 Å². The Balaban J connectivity index is 1.36. The average Bonchev–Trinajstić information content (AvgIpc) is 3.43. The molecule has 0 radical (unpaired) electrons. The van der Waals surface area contributed by atoms with Crippen molar-refractivity contribution in [1.82, 2.24) is 19.3 Å². The van der Waals surface area contributed by atoms with Gasteiger partial charge in [-0.15, -0.1) is 0 Å². The van der Waals surface area contributed by atoms with Gasteiger partial charge in [-0.2, -0.15) is 5.10 Å². The van der Waals surface area contributed by atoms with Crippen LogP contribution in [0.25, 0.3) is 27.7 Å². The van der Waals surface area contributed by atoms with Gasteiger partial charge in [-0.1, -0.05) is 24.3 Å². The van der Waals surface area contributed by atoms with Gasteiger partial charge in [0.15, 0.2) is 5.69 Å². The summed E-state index contributed by atoms with van der Waals surface area (Å²) >= 11 is 0. The van der Waals surface area contributed by atoms with E-state index < -0.39 is 5.91 Å². The molecule has 3 aromatic heterocycles. The molecule has 0 spiro atoms. The van der Waals surface area contributed by atoms with Gasteiger partial charge in [-0.25, -0.2) is 9.67 Å². The summed E-state index contributed by atoms with van der Waals surface area (Å²) in [6, 6.07) is 22.7. The van der Waals surface area contributed by atoms with Gasteiger partial charge < -0.3 is 15.2 Å². The number of aromatic nitrogens is 4. The number of pyridine rings is 1. The maximum absolute atomic E-state index is 11.5. The Bertz CT molecular complexity index is 1480. The van der Waals surface area contributed by atoms with Crippen LogP contribution in [0, 0.1) is 6.92 Å². The molecule has 34 heavy (non-hydrogen) atoms. The van der Waals surface area contributed by atoms with Crippen molar-refractivity contribution in [3.63, 3.8) is 0 Å². The molecule has 1 amide bonds. The number of nitrogens with zero attached hydrogens (tertiary/aromatic N) is 5. The van der Waals surface area contributed by atoms with Crippen LogP contribution in [0.4, 0.5) is 5.82 Å². The highest BCUT2D eigenvalue weighted by Crippen LogP contribution is 2.24. The van der Waals surface area contributed by atoms with Crippen LogP contribution in [0.5, 0.6) is 0 Å². The van der Waals surface area contributed by atoms with E-state index in [0.717, 1.165) is 45.8 Å². The first-order valence-corrected chi connectivity index (χ1v) is 11.1. The van der Waals surface area contributed by atoms with Crippen molar-refractivity contribution in [3.05, 3.63) is 96.1 Å². The van der Waals surface area contributed by atoms with Crippen molar-refractivity contribution < 1.29 is 4.79 Å². The summed E-state index contributed by atoms with van der Waals surface area (Å²) in [7, 11) is 3.97. The van der Waals surface area contributed by atoms with Crippen molar-refractivity contribution in [2.75, 3.05) is 19.0 Å². The van der Waals surface area contributed by atoms with E-state index in [1.807, 2.05) is 44.2 Å². The third kappa shape index (κ3) is 4.03. The second-order valence-electron chi connectivity index (χ2n) is 8.63. The molecular weight excluding hydrogens is 424 g/mol. The summed E-state index contributed by atoms with van der Waals surface area (Å²) in [6.45, 7) is 2.68. The molecule has 0 aliphatic heterocycles. The van der Waals surface area contributed by atoms with Crippen LogP contribution < -0.4 is 10.6 Å². The van der Waals surface area contributed by atoms with Gasteiger partial charge in [0.05, 0.1) is 5.69 Å². The first kappa shape index (κ1) is 21.5. The molecule has 170 valence electrons. The number of hydrogen-bond acceptors (Lipinski definition) is 4. The Hall–Kier alpha value is -4.39. The van der Waals surface area contributed by atoms with Crippen molar-refractivity contribution in [2.45, 2.75) is 13.5 Å². The van der Waals surface area contributed by atoms with Crippen LogP contribution in [0.3, 0.4) is 0 Å². The van der Waals surface area contributed by atoms with Crippen molar-refractivity contribution >= 4 is 22.6 Å². The Morgan fingerprint density at radius 2 is 1.74 bits per heavy atom. The van der Waals surface area contributed by atoms with Crippen molar-refractivity contribution in [2.24, 2.45) is 5.73 Å². The summed E-state index contributed by atoms with van der Waals surface area (Å²) in [5.41, 5.74) is 12.0. The molecule has 0 saturated heterocycles. The standard InChI is InChI=1S/C27H26N6O/c1-18-14-24(27(28)34)30-33(18)23-9-10-25-21(15-23)12-13-32(25)17-19-4-6-20(7-5-19)22-8-11-26(29-16-22)31(2)3/h4-16H,17H2,1-3H3,(H2,28,34). The number of carbonyl (C=O) groups is 1. The number of hydrogen-bond donors (Lipinski definition) is 1. The van der Waals surface area contributed by atoms with Crippen LogP contribution in [0.15, 0.2) is 79.1 Å².